The Morgan fingerprint density at radius 2 is 1.61 bits per heavy atom. The van der Waals surface area contributed by atoms with Crippen LogP contribution in [0.2, 0.25) is 0 Å². The summed E-state index contributed by atoms with van der Waals surface area (Å²) in [5.74, 6) is -0.475. The standard InChI is InChI=1S/C30H30N2O6/c1-4-17-37-24-16-13-21(18-25(24)36-5-2)27-26-28(38-32(27)23-9-7-6-8-10-23)30(35)31(29(26)34)22-14-11-20(12-15-22)19(3)33/h6-16,18,26-28H,4-5,17H2,1-3H3/t26-,27+,28+/m0/s1. The molecule has 0 aliphatic carbocycles. The van der Waals surface area contributed by atoms with Gasteiger partial charge in [-0.3, -0.25) is 19.2 Å². The number of hydrogen-bond acceptors (Lipinski definition) is 7. The lowest BCUT2D eigenvalue weighted by Gasteiger charge is -2.29. The van der Waals surface area contributed by atoms with Crippen molar-refractivity contribution in [3.63, 3.8) is 0 Å². The van der Waals surface area contributed by atoms with Crippen LogP contribution in [0, 0.1) is 5.92 Å². The third-order valence-corrected chi connectivity index (χ3v) is 6.73. The lowest BCUT2D eigenvalue weighted by atomic mass is 9.90. The van der Waals surface area contributed by atoms with Gasteiger partial charge in [0.1, 0.15) is 5.92 Å². The second-order valence-electron chi connectivity index (χ2n) is 9.26. The summed E-state index contributed by atoms with van der Waals surface area (Å²) < 4.78 is 11.8. The molecule has 38 heavy (non-hydrogen) atoms. The highest BCUT2D eigenvalue weighted by molar-refractivity contribution is 6.24. The number of nitrogens with zero attached hydrogens (tertiary/aromatic N) is 2. The maximum Gasteiger partial charge on any atom is 0.266 e. The normalized spacial score (nSPS) is 20.6. The first-order chi connectivity index (χ1) is 18.4. The van der Waals surface area contributed by atoms with Gasteiger partial charge >= 0.3 is 0 Å². The minimum Gasteiger partial charge on any atom is -0.490 e. The molecule has 3 aromatic carbocycles. The molecule has 2 amide bonds. The van der Waals surface area contributed by atoms with Gasteiger partial charge in [-0.25, -0.2) is 9.96 Å². The largest absolute Gasteiger partial charge is 0.490 e. The van der Waals surface area contributed by atoms with E-state index in [0.717, 1.165) is 22.6 Å². The van der Waals surface area contributed by atoms with Crippen molar-refractivity contribution < 1.29 is 28.7 Å². The minimum atomic E-state index is -0.994. The van der Waals surface area contributed by atoms with Crippen molar-refractivity contribution in [2.24, 2.45) is 5.92 Å². The number of benzene rings is 3. The summed E-state index contributed by atoms with van der Waals surface area (Å²) in [6, 6.07) is 20.9. The van der Waals surface area contributed by atoms with E-state index in [1.54, 1.807) is 29.3 Å². The average Bonchev–Trinajstić information content (AvgIpc) is 3.44. The van der Waals surface area contributed by atoms with Gasteiger partial charge in [0.05, 0.1) is 30.6 Å². The minimum absolute atomic E-state index is 0.0918. The lowest BCUT2D eigenvalue weighted by molar-refractivity contribution is -0.126. The van der Waals surface area contributed by atoms with Gasteiger partial charge in [0.15, 0.2) is 23.4 Å². The zero-order chi connectivity index (χ0) is 26.8. The molecule has 0 spiro atoms. The van der Waals surface area contributed by atoms with E-state index < -0.39 is 24.0 Å². The van der Waals surface area contributed by atoms with Gasteiger partial charge in [0.2, 0.25) is 5.91 Å². The number of amides is 2. The highest BCUT2D eigenvalue weighted by atomic mass is 16.7. The molecule has 0 N–H and O–H groups in total. The predicted octanol–water partition coefficient (Wildman–Crippen LogP) is 5.13. The van der Waals surface area contributed by atoms with Crippen molar-refractivity contribution in [3.8, 4) is 11.5 Å². The van der Waals surface area contributed by atoms with E-state index in [4.69, 9.17) is 14.3 Å². The zero-order valence-corrected chi connectivity index (χ0v) is 21.6. The van der Waals surface area contributed by atoms with E-state index in [2.05, 4.69) is 0 Å². The highest BCUT2D eigenvalue weighted by Crippen LogP contribution is 2.48. The van der Waals surface area contributed by atoms with Crippen LogP contribution in [-0.2, 0) is 14.4 Å². The second kappa shape index (κ2) is 10.7. The third-order valence-electron chi connectivity index (χ3n) is 6.73. The van der Waals surface area contributed by atoms with E-state index in [0.29, 0.717) is 36.0 Å². The molecule has 2 saturated heterocycles. The van der Waals surface area contributed by atoms with E-state index >= 15 is 0 Å². The summed E-state index contributed by atoms with van der Waals surface area (Å²) in [7, 11) is 0. The number of anilines is 2. The number of carbonyl (C=O) groups excluding carboxylic acids is 3. The monoisotopic (exact) mass is 514 g/mol. The number of rotatable bonds is 9. The maximum atomic E-state index is 13.9. The molecule has 3 atom stereocenters. The molecule has 8 heteroatoms. The fraction of sp³-hybridized carbons (Fsp3) is 0.300. The Hall–Kier alpha value is -4.17. The van der Waals surface area contributed by atoms with Crippen LogP contribution in [0.5, 0.6) is 11.5 Å². The number of ketones is 1. The summed E-state index contributed by atoms with van der Waals surface area (Å²) >= 11 is 0. The molecule has 2 aliphatic heterocycles. The maximum absolute atomic E-state index is 13.9. The van der Waals surface area contributed by atoms with Gasteiger partial charge in [0, 0.05) is 5.56 Å². The summed E-state index contributed by atoms with van der Waals surface area (Å²) in [5, 5.41) is 1.65. The van der Waals surface area contributed by atoms with Crippen molar-refractivity contribution in [1.82, 2.24) is 0 Å². The number of para-hydroxylation sites is 1. The number of fused-ring (bicyclic) bond motifs is 1. The summed E-state index contributed by atoms with van der Waals surface area (Å²) in [5.41, 5.74) is 2.41. The Kier molecular flexibility index (Phi) is 7.15. The van der Waals surface area contributed by atoms with Crippen LogP contribution in [0.15, 0.2) is 72.8 Å². The molecule has 2 fully saturated rings. The number of hydroxylamine groups is 1. The quantitative estimate of drug-likeness (QED) is 0.289. The van der Waals surface area contributed by atoms with E-state index in [-0.39, 0.29) is 11.7 Å². The smallest absolute Gasteiger partial charge is 0.266 e. The molecule has 196 valence electrons. The molecule has 5 rings (SSSR count). The van der Waals surface area contributed by atoms with Crippen LogP contribution in [0.25, 0.3) is 0 Å². The first kappa shape index (κ1) is 25.5. The van der Waals surface area contributed by atoms with Crippen LogP contribution >= 0.6 is 0 Å². The molecule has 0 unspecified atom stereocenters. The molecule has 8 nitrogen and oxygen atoms in total. The van der Waals surface area contributed by atoms with Crippen LogP contribution in [0.3, 0.4) is 0 Å². The molecule has 0 saturated carbocycles. The number of imide groups is 1. The van der Waals surface area contributed by atoms with Gasteiger partial charge in [-0.2, -0.15) is 0 Å². The van der Waals surface area contributed by atoms with E-state index in [1.165, 1.54) is 6.92 Å². The van der Waals surface area contributed by atoms with Crippen molar-refractivity contribution in [1.29, 1.82) is 0 Å². The zero-order valence-electron chi connectivity index (χ0n) is 21.6. The average molecular weight is 515 g/mol. The number of ether oxygens (including phenoxy) is 2. The Morgan fingerprint density at radius 3 is 2.26 bits per heavy atom. The SMILES string of the molecule is CCCOc1ccc([C@@H]2[C@@H]3C(=O)N(c4ccc(C(C)=O)cc4)C(=O)[C@@H]3ON2c2ccccc2)cc1OCC. The highest BCUT2D eigenvalue weighted by Gasteiger charge is 2.60. The van der Waals surface area contributed by atoms with Crippen LogP contribution in [0.4, 0.5) is 11.4 Å². The molecule has 0 radical (unpaired) electrons. The number of hydrogen-bond donors (Lipinski definition) is 0. The number of carbonyl (C=O) groups is 3. The van der Waals surface area contributed by atoms with E-state index in [9.17, 15) is 14.4 Å². The van der Waals surface area contributed by atoms with Crippen LogP contribution in [-0.4, -0.2) is 36.9 Å². The fourth-order valence-corrected chi connectivity index (χ4v) is 4.96. The second-order valence-corrected chi connectivity index (χ2v) is 9.26. The molecular weight excluding hydrogens is 484 g/mol. The predicted molar refractivity (Wildman–Crippen MR) is 142 cm³/mol. The third kappa shape index (κ3) is 4.52. The van der Waals surface area contributed by atoms with Gasteiger partial charge in [-0.1, -0.05) is 31.2 Å². The molecule has 2 aliphatic rings. The van der Waals surface area contributed by atoms with Gasteiger partial charge in [-0.05, 0) is 74.4 Å². The summed E-state index contributed by atoms with van der Waals surface area (Å²) in [6.07, 6.45) is -0.137. The van der Waals surface area contributed by atoms with Gasteiger partial charge < -0.3 is 9.47 Å². The molecule has 2 heterocycles. The molecule has 0 bridgehead atoms. The van der Waals surface area contributed by atoms with Crippen molar-refractivity contribution in [2.75, 3.05) is 23.2 Å². The Bertz CT molecular complexity index is 1340. The molecule has 0 aromatic heterocycles. The summed E-state index contributed by atoms with van der Waals surface area (Å²) in [4.78, 5) is 46.5. The summed E-state index contributed by atoms with van der Waals surface area (Å²) in [6.45, 7) is 6.40. The lowest BCUT2D eigenvalue weighted by Crippen LogP contribution is -2.37. The first-order valence-electron chi connectivity index (χ1n) is 12.8. The molecular formula is C30H30N2O6. The van der Waals surface area contributed by atoms with Crippen molar-refractivity contribution >= 4 is 29.0 Å². The van der Waals surface area contributed by atoms with Gasteiger partial charge in [-0.15, -0.1) is 0 Å². The molecule has 3 aromatic rings. The van der Waals surface area contributed by atoms with Crippen molar-refractivity contribution in [3.05, 3.63) is 83.9 Å². The topological polar surface area (TPSA) is 85.4 Å². The Balaban J connectivity index is 1.55. The fourth-order valence-electron chi connectivity index (χ4n) is 4.96. The van der Waals surface area contributed by atoms with Crippen LogP contribution in [0.1, 0.15) is 49.2 Å². The van der Waals surface area contributed by atoms with Crippen LogP contribution < -0.4 is 19.4 Å². The first-order valence-corrected chi connectivity index (χ1v) is 12.8. The van der Waals surface area contributed by atoms with Crippen molar-refractivity contribution in [2.45, 2.75) is 39.3 Å². The Morgan fingerprint density at radius 1 is 0.868 bits per heavy atom. The van der Waals surface area contributed by atoms with Gasteiger partial charge in [0.25, 0.3) is 5.91 Å². The number of Topliss-reactive ketones (excluding diaryl/α,β-unsaturated/α-hetero) is 1. The van der Waals surface area contributed by atoms with E-state index in [1.807, 2.05) is 62.4 Å². The Labute approximate surface area is 221 Å².